The Bertz CT molecular complexity index is 580. The number of Topliss-reactive ketones (excluding diaryl/α,β-unsaturated/α-hetero) is 1. The summed E-state index contributed by atoms with van der Waals surface area (Å²) in [4.78, 5) is 18.5. The van der Waals surface area contributed by atoms with Crippen molar-refractivity contribution < 1.29 is 23.7 Å². The molecule has 3 heterocycles. The van der Waals surface area contributed by atoms with Gasteiger partial charge in [0.15, 0.2) is 23.2 Å². The second kappa shape index (κ2) is 5.13. The Morgan fingerprint density at radius 2 is 1.95 bits per heavy atom. The molecule has 7 nitrogen and oxygen atoms in total. The van der Waals surface area contributed by atoms with Crippen LogP contribution in [0.5, 0.6) is 0 Å². The average Bonchev–Trinajstić information content (AvgIpc) is 3.05. The van der Waals surface area contributed by atoms with Gasteiger partial charge in [-0.2, -0.15) is 0 Å². The molecule has 0 saturated carbocycles. The molecule has 0 aromatic carbocycles. The van der Waals surface area contributed by atoms with E-state index in [0.29, 0.717) is 18.1 Å². The Kier molecular flexibility index (Phi) is 3.64. The van der Waals surface area contributed by atoms with Crippen molar-refractivity contribution in [2.75, 3.05) is 6.61 Å². The number of carbonyl (C=O) groups excluding carboxylic acids is 1. The fourth-order valence-electron chi connectivity index (χ4n) is 2.84. The fraction of sp³-hybridized carbons (Fsp3) is 0.733. The number of H-pyrrole nitrogens is 1. The highest BCUT2D eigenvalue weighted by atomic mass is 16.8. The van der Waals surface area contributed by atoms with E-state index in [-0.39, 0.29) is 18.0 Å². The third kappa shape index (κ3) is 2.94. The lowest BCUT2D eigenvalue weighted by Gasteiger charge is -2.23. The lowest BCUT2D eigenvalue weighted by Crippen LogP contribution is -2.35. The number of carbonyl (C=O) groups is 1. The second-order valence-electron chi connectivity index (χ2n) is 6.63. The molecule has 22 heavy (non-hydrogen) atoms. The Balaban J connectivity index is 1.85. The van der Waals surface area contributed by atoms with Crippen LogP contribution < -0.4 is 0 Å². The molecule has 7 heteroatoms. The van der Waals surface area contributed by atoms with E-state index in [0.717, 1.165) is 0 Å². The Labute approximate surface area is 129 Å². The molecular formula is C15H22N2O5. The quantitative estimate of drug-likeness (QED) is 0.859. The van der Waals surface area contributed by atoms with E-state index in [9.17, 15) is 4.79 Å². The van der Waals surface area contributed by atoms with Crippen molar-refractivity contribution in [3.8, 4) is 0 Å². The maximum atomic E-state index is 11.4. The van der Waals surface area contributed by atoms with Crippen molar-refractivity contribution in [3.05, 3.63) is 17.7 Å². The summed E-state index contributed by atoms with van der Waals surface area (Å²) < 4.78 is 23.5. The molecule has 0 bridgehead atoms. The van der Waals surface area contributed by atoms with Gasteiger partial charge in [-0.25, -0.2) is 4.98 Å². The van der Waals surface area contributed by atoms with Crippen molar-refractivity contribution in [1.29, 1.82) is 0 Å². The molecule has 122 valence electrons. The van der Waals surface area contributed by atoms with Crippen LogP contribution in [0.15, 0.2) is 6.20 Å². The van der Waals surface area contributed by atoms with Crippen LogP contribution in [-0.2, 0) is 18.9 Å². The number of rotatable bonds is 3. The number of aromatic amines is 1. The van der Waals surface area contributed by atoms with E-state index in [4.69, 9.17) is 18.9 Å². The zero-order valence-electron chi connectivity index (χ0n) is 13.5. The van der Waals surface area contributed by atoms with Crippen molar-refractivity contribution in [3.63, 3.8) is 0 Å². The predicted octanol–water partition coefficient (Wildman–Crippen LogP) is 1.96. The van der Waals surface area contributed by atoms with Gasteiger partial charge in [0.25, 0.3) is 0 Å². The highest BCUT2D eigenvalue weighted by Gasteiger charge is 2.50. The molecule has 0 unspecified atom stereocenters. The SMILES string of the molecule is CC(=O)c1ncc([C@H]2OC(C)(C)O[C@@H]2[C@H]2COC(C)(C)O2)[nH]1. The van der Waals surface area contributed by atoms with Crippen LogP contribution >= 0.6 is 0 Å². The van der Waals surface area contributed by atoms with Crippen LogP contribution in [0, 0.1) is 0 Å². The molecule has 0 radical (unpaired) electrons. The molecule has 0 amide bonds. The molecular weight excluding hydrogens is 288 g/mol. The number of ether oxygens (including phenoxy) is 4. The Morgan fingerprint density at radius 1 is 1.23 bits per heavy atom. The van der Waals surface area contributed by atoms with Crippen LogP contribution in [0.1, 0.15) is 57.0 Å². The van der Waals surface area contributed by atoms with E-state index < -0.39 is 17.7 Å². The van der Waals surface area contributed by atoms with E-state index in [1.165, 1.54) is 6.92 Å². The number of imidazole rings is 1. The van der Waals surface area contributed by atoms with Gasteiger partial charge in [-0.1, -0.05) is 0 Å². The molecule has 2 aliphatic rings. The molecule has 3 rings (SSSR count). The zero-order valence-corrected chi connectivity index (χ0v) is 13.5. The third-order valence-corrected chi connectivity index (χ3v) is 3.76. The van der Waals surface area contributed by atoms with Gasteiger partial charge in [0, 0.05) is 6.92 Å². The molecule has 1 aromatic heterocycles. The van der Waals surface area contributed by atoms with Gasteiger partial charge in [-0.05, 0) is 27.7 Å². The molecule has 1 aromatic rings. The molecule has 2 aliphatic heterocycles. The minimum atomic E-state index is -0.743. The average molecular weight is 310 g/mol. The van der Waals surface area contributed by atoms with Crippen molar-refractivity contribution in [2.45, 2.75) is 64.5 Å². The maximum absolute atomic E-state index is 11.4. The largest absolute Gasteiger partial charge is 0.348 e. The van der Waals surface area contributed by atoms with Crippen LogP contribution in [0.3, 0.4) is 0 Å². The molecule has 1 N–H and O–H groups in total. The van der Waals surface area contributed by atoms with E-state index >= 15 is 0 Å². The summed E-state index contributed by atoms with van der Waals surface area (Å²) in [6.07, 6.45) is 0.640. The highest BCUT2D eigenvalue weighted by molar-refractivity contribution is 5.90. The summed E-state index contributed by atoms with van der Waals surface area (Å²) in [5.41, 5.74) is 0.703. The zero-order chi connectivity index (χ0) is 16.1. The summed E-state index contributed by atoms with van der Waals surface area (Å²) in [5, 5.41) is 0. The highest BCUT2D eigenvalue weighted by Crippen LogP contribution is 2.42. The van der Waals surface area contributed by atoms with Crippen LogP contribution in [0.4, 0.5) is 0 Å². The first-order valence-corrected chi connectivity index (χ1v) is 7.40. The van der Waals surface area contributed by atoms with Crippen LogP contribution in [-0.4, -0.2) is 46.1 Å². The minimum absolute atomic E-state index is 0.123. The Hall–Kier alpha value is -1.28. The molecule has 0 spiro atoms. The fourth-order valence-corrected chi connectivity index (χ4v) is 2.84. The molecule has 2 saturated heterocycles. The van der Waals surface area contributed by atoms with Gasteiger partial charge in [0.1, 0.15) is 18.3 Å². The first-order valence-electron chi connectivity index (χ1n) is 7.40. The summed E-state index contributed by atoms with van der Waals surface area (Å²) in [7, 11) is 0. The minimum Gasteiger partial charge on any atom is -0.348 e. The normalized spacial score (nSPS) is 33.2. The van der Waals surface area contributed by atoms with Gasteiger partial charge in [0.05, 0.1) is 18.5 Å². The van der Waals surface area contributed by atoms with Crippen molar-refractivity contribution in [2.24, 2.45) is 0 Å². The number of nitrogens with zero attached hydrogens (tertiary/aromatic N) is 1. The summed E-state index contributed by atoms with van der Waals surface area (Å²) in [6.45, 7) is 9.33. The lowest BCUT2D eigenvalue weighted by atomic mass is 10.1. The predicted molar refractivity (Wildman–Crippen MR) is 76.3 cm³/mol. The van der Waals surface area contributed by atoms with Gasteiger partial charge >= 0.3 is 0 Å². The summed E-state index contributed by atoms with van der Waals surface area (Å²) in [6, 6.07) is 0. The summed E-state index contributed by atoms with van der Waals surface area (Å²) >= 11 is 0. The first-order chi connectivity index (χ1) is 10.2. The number of nitrogens with one attached hydrogen (secondary N) is 1. The monoisotopic (exact) mass is 310 g/mol. The van der Waals surface area contributed by atoms with Gasteiger partial charge in [-0.3, -0.25) is 4.79 Å². The molecule has 2 fully saturated rings. The van der Waals surface area contributed by atoms with Crippen LogP contribution in [0.25, 0.3) is 0 Å². The van der Waals surface area contributed by atoms with E-state index in [1.807, 2.05) is 27.7 Å². The Morgan fingerprint density at radius 3 is 2.50 bits per heavy atom. The van der Waals surface area contributed by atoms with Gasteiger partial charge in [-0.15, -0.1) is 0 Å². The maximum Gasteiger partial charge on any atom is 0.194 e. The van der Waals surface area contributed by atoms with E-state index in [2.05, 4.69) is 9.97 Å². The lowest BCUT2D eigenvalue weighted by molar-refractivity contribution is -0.174. The number of hydrogen-bond acceptors (Lipinski definition) is 6. The second-order valence-corrected chi connectivity index (χ2v) is 6.63. The van der Waals surface area contributed by atoms with Crippen LogP contribution in [0.2, 0.25) is 0 Å². The van der Waals surface area contributed by atoms with Crippen molar-refractivity contribution in [1.82, 2.24) is 9.97 Å². The summed E-state index contributed by atoms with van der Waals surface area (Å²) in [5.74, 6) is -1.19. The molecule has 3 atom stereocenters. The standard InChI is InChI=1S/C15H22N2O5/c1-8(18)13-16-6-9(17-13)11-12(22-15(4,5)21-11)10-7-19-14(2,3)20-10/h6,10-12H,7H2,1-5H3,(H,16,17)/t10-,11-,12-/m1/s1. The van der Waals surface area contributed by atoms with Gasteiger partial charge < -0.3 is 23.9 Å². The van der Waals surface area contributed by atoms with E-state index in [1.54, 1.807) is 6.20 Å². The smallest absolute Gasteiger partial charge is 0.194 e. The first kappa shape index (κ1) is 15.6. The van der Waals surface area contributed by atoms with Crippen molar-refractivity contribution >= 4 is 5.78 Å². The van der Waals surface area contributed by atoms with Gasteiger partial charge in [0.2, 0.25) is 0 Å². The third-order valence-electron chi connectivity index (χ3n) is 3.76. The number of hydrogen-bond donors (Lipinski definition) is 1. The molecule has 0 aliphatic carbocycles. The topological polar surface area (TPSA) is 82.7 Å². The number of ketones is 1. The number of aromatic nitrogens is 2.